The van der Waals surface area contributed by atoms with E-state index in [1.54, 1.807) is 4.90 Å². The van der Waals surface area contributed by atoms with Crippen LogP contribution in [0.2, 0.25) is 0 Å². The largest absolute Gasteiger partial charge is 0.444 e. The predicted octanol–water partition coefficient (Wildman–Crippen LogP) is 1.70. The average molecular weight is 272 g/mol. The van der Waals surface area contributed by atoms with Gasteiger partial charge in [0.15, 0.2) is 0 Å². The highest BCUT2D eigenvalue weighted by atomic mass is 16.6. The molecule has 5 nitrogen and oxygen atoms in total. The van der Waals surface area contributed by atoms with Crippen molar-refractivity contribution in [3.8, 4) is 0 Å². The van der Waals surface area contributed by atoms with Gasteiger partial charge in [-0.1, -0.05) is 0 Å². The van der Waals surface area contributed by atoms with Gasteiger partial charge in [0.2, 0.25) is 0 Å². The van der Waals surface area contributed by atoms with Gasteiger partial charge in [-0.2, -0.15) is 0 Å². The Morgan fingerprint density at radius 1 is 1.26 bits per heavy atom. The average Bonchev–Trinajstić information content (AvgIpc) is 2.34. The van der Waals surface area contributed by atoms with Crippen LogP contribution in [0.15, 0.2) is 0 Å². The lowest BCUT2D eigenvalue weighted by Crippen LogP contribution is -2.52. The molecule has 1 rings (SSSR count). The Hall–Kier alpha value is -0.810. The summed E-state index contributed by atoms with van der Waals surface area (Å²) >= 11 is 0. The fourth-order valence-corrected chi connectivity index (χ4v) is 2.24. The molecule has 0 aromatic rings. The Morgan fingerprint density at radius 2 is 1.84 bits per heavy atom. The van der Waals surface area contributed by atoms with Crippen LogP contribution in [-0.2, 0) is 4.74 Å². The van der Waals surface area contributed by atoms with Crippen molar-refractivity contribution in [2.24, 2.45) is 0 Å². The van der Waals surface area contributed by atoms with Crippen molar-refractivity contribution in [2.75, 3.05) is 32.8 Å². The zero-order chi connectivity index (χ0) is 14.5. The fraction of sp³-hybridized carbons (Fsp3) is 0.929. The van der Waals surface area contributed by atoms with E-state index in [1.807, 2.05) is 20.8 Å². The number of aliphatic hydroxyl groups is 1. The van der Waals surface area contributed by atoms with E-state index in [1.165, 1.54) is 0 Å². The summed E-state index contributed by atoms with van der Waals surface area (Å²) in [4.78, 5) is 16.1. The van der Waals surface area contributed by atoms with E-state index < -0.39 is 5.60 Å². The number of nitrogens with zero attached hydrogens (tertiary/aromatic N) is 2. The third-order valence-corrected chi connectivity index (χ3v) is 3.37. The minimum atomic E-state index is -0.428. The molecular weight excluding hydrogens is 244 g/mol. The normalized spacial score (nSPS) is 19.3. The van der Waals surface area contributed by atoms with Crippen molar-refractivity contribution in [1.82, 2.24) is 9.80 Å². The first kappa shape index (κ1) is 16.2. The van der Waals surface area contributed by atoms with Crippen molar-refractivity contribution in [3.05, 3.63) is 0 Å². The van der Waals surface area contributed by atoms with Crippen molar-refractivity contribution in [2.45, 2.75) is 52.2 Å². The predicted molar refractivity (Wildman–Crippen MR) is 75.2 cm³/mol. The maximum atomic E-state index is 11.9. The number of carbonyl (C=O) groups excluding carboxylic acids is 1. The highest BCUT2D eigenvalue weighted by Gasteiger charge is 2.27. The summed E-state index contributed by atoms with van der Waals surface area (Å²) in [6, 6.07) is 0.466. The lowest BCUT2D eigenvalue weighted by atomic mass is 10.1. The van der Waals surface area contributed by atoms with Crippen LogP contribution in [0.4, 0.5) is 4.79 Å². The van der Waals surface area contributed by atoms with E-state index >= 15 is 0 Å². The van der Waals surface area contributed by atoms with Gasteiger partial charge in [-0.15, -0.1) is 0 Å². The first-order valence-corrected chi connectivity index (χ1v) is 7.16. The zero-order valence-corrected chi connectivity index (χ0v) is 12.7. The second-order valence-electron chi connectivity index (χ2n) is 6.22. The van der Waals surface area contributed by atoms with Crippen LogP contribution in [0.1, 0.15) is 40.5 Å². The molecule has 1 heterocycles. The van der Waals surface area contributed by atoms with Crippen molar-refractivity contribution < 1.29 is 14.6 Å². The second kappa shape index (κ2) is 7.10. The van der Waals surface area contributed by atoms with Crippen molar-refractivity contribution in [3.63, 3.8) is 0 Å². The first-order chi connectivity index (χ1) is 8.83. The summed E-state index contributed by atoms with van der Waals surface area (Å²) in [5.41, 5.74) is -0.428. The Balaban J connectivity index is 2.34. The standard InChI is InChI=1S/C14H28N2O3/c1-12(6-5-11-17)15-7-9-16(10-8-15)13(18)19-14(2,3)4/h12,17H,5-11H2,1-4H3/t12-/m0/s1. The second-order valence-corrected chi connectivity index (χ2v) is 6.22. The maximum absolute atomic E-state index is 11.9. The maximum Gasteiger partial charge on any atom is 0.410 e. The molecular formula is C14H28N2O3. The van der Waals surface area contributed by atoms with Crippen LogP contribution in [0.25, 0.3) is 0 Å². The van der Waals surface area contributed by atoms with Gasteiger partial charge in [0.05, 0.1) is 0 Å². The van der Waals surface area contributed by atoms with Crippen LogP contribution in [0.3, 0.4) is 0 Å². The molecule has 0 bridgehead atoms. The van der Waals surface area contributed by atoms with Gasteiger partial charge in [0.25, 0.3) is 0 Å². The zero-order valence-electron chi connectivity index (χ0n) is 12.7. The number of amides is 1. The van der Waals surface area contributed by atoms with Crippen molar-refractivity contribution >= 4 is 6.09 Å². The minimum absolute atomic E-state index is 0.213. The smallest absolute Gasteiger partial charge is 0.410 e. The van der Waals surface area contributed by atoms with Crippen LogP contribution in [-0.4, -0.2) is 65.4 Å². The summed E-state index contributed by atoms with van der Waals surface area (Å²) in [6.07, 6.45) is 1.63. The summed E-state index contributed by atoms with van der Waals surface area (Å²) in [6.45, 7) is 11.3. The Bertz CT molecular complexity index is 281. The molecule has 0 aromatic heterocycles. The van der Waals surface area contributed by atoms with Gasteiger partial charge >= 0.3 is 6.09 Å². The van der Waals surface area contributed by atoms with Crippen LogP contribution >= 0.6 is 0 Å². The lowest BCUT2D eigenvalue weighted by molar-refractivity contribution is 0.0105. The fourth-order valence-electron chi connectivity index (χ4n) is 2.24. The number of hydrogen-bond acceptors (Lipinski definition) is 4. The highest BCUT2D eigenvalue weighted by molar-refractivity contribution is 5.68. The number of carbonyl (C=O) groups is 1. The molecule has 1 aliphatic rings. The molecule has 0 spiro atoms. The number of aliphatic hydroxyl groups excluding tert-OH is 1. The summed E-state index contributed by atoms with van der Waals surface area (Å²) in [5.74, 6) is 0. The van der Waals surface area contributed by atoms with E-state index in [0.717, 1.165) is 39.0 Å². The molecule has 112 valence electrons. The third-order valence-electron chi connectivity index (χ3n) is 3.37. The minimum Gasteiger partial charge on any atom is -0.444 e. The van der Waals surface area contributed by atoms with Gasteiger partial charge in [-0.3, -0.25) is 4.90 Å². The van der Waals surface area contributed by atoms with Gasteiger partial charge in [-0.05, 0) is 40.5 Å². The van der Waals surface area contributed by atoms with E-state index in [0.29, 0.717) is 6.04 Å². The molecule has 0 aromatic carbocycles. The molecule has 1 saturated heterocycles. The quantitative estimate of drug-likeness (QED) is 0.846. The Labute approximate surface area is 116 Å². The number of ether oxygens (including phenoxy) is 1. The molecule has 0 saturated carbocycles. The lowest BCUT2D eigenvalue weighted by Gasteiger charge is -2.38. The SMILES string of the molecule is C[C@@H](CCCO)N1CCN(C(=O)OC(C)(C)C)CC1. The molecule has 5 heteroatoms. The van der Waals surface area contributed by atoms with Gasteiger partial charge in [0.1, 0.15) is 5.60 Å². The van der Waals surface area contributed by atoms with Crippen LogP contribution < -0.4 is 0 Å². The van der Waals surface area contributed by atoms with Crippen LogP contribution in [0, 0.1) is 0 Å². The van der Waals surface area contributed by atoms with Gasteiger partial charge < -0.3 is 14.7 Å². The Kier molecular flexibility index (Phi) is 6.07. The molecule has 0 unspecified atom stereocenters. The molecule has 1 N–H and O–H groups in total. The number of hydrogen-bond donors (Lipinski definition) is 1. The molecule has 1 aliphatic heterocycles. The highest BCUT2D eigenvalue weighted by Crippen LogP contribution is 2.14. The Morgan fingerprint density at radius 3 is 2.32 bits per heavy atom. The molecule has 0 radical (unpaired) electrons. The molecule has 19 heavy (non-hydrogen) atoms. The van der Waals surface area contributed by atoms with Gasteiger partial charge in [0, 0.05) is 38.8 Å². The molecule has 1 atom stereocenters. The molecule has 0 aliphatic carbocycles. The van der Waals surface area contributed by atoms with E-state index in [2.05, 4.69) is 11.8 Å². The number of rotatable bonds is 4. The molecule has 1 amide bonds. The summed E-state index contributed by atoms with van der Waals surface area (Å²) in [7, 11) is 0. The topological polar surface area (TPSA) is 53.0 Å². The van der Waals surface area contributed by atoms with Crippen LogP contribution in [0.5, 0.6) is 0 Å². The van der Waals surface area contributed by atoms with Crippen molar-refractivity contribution in [1.29, 1.82) is 0 Å². The van der Waals surface area contributed by atoms with E-state index in [-0.39, 0.29) is 12.7 Å². The summed E-state index contributed by atoms with van der Waals surface area (Å²) in [5, 5.41) is 8.85. The number of piperazine rings is 1. The van der Waals surface area contributed by atoms with E-state index in [4.69, 9.17) is 9.84 Å². The first-order valence-electron chi connectivity index (χ1n) is 7.16. The third kappa shape index (κ3) is 5.78. The monoisotopic (exact) mass is 272 g/mol. The van der Waals surface area contributed by atoms with E-state index in [9.17, 15) is 4.79 Å². The summed E-state index contributed by atoms with van der Waals surface area (Å²) < 4.78 is 5.37. The molecule has 1 fully saturated rings. The van der Waals surface area contributed by atoms with Gasteiger partial charge in [-0.25, -0.2) is 4.79 Å².